The molecule has 0 aliphatic carbocycles. The lowest BCUT2D eigenvalue weighted by Crippen LogP contribution is -2.32. The second kappa shape index (κ2) is 6.45. The number of carbonyl (C=O) groups excluding carboxylic acids is 1. The maximum Gasteiger partial charge on any atom is 0.321 e. The molecule has 0 radical (unpaired) electrons. The van der Waals surface area contributed by atoms with Gasteiger partial charge < -0.3 is 10.2 Å². The fourth-order valence-electron chi connectivity index (χ4n) is 3.08. The van der Waals surface area contributed by atoms with Crippen molar-refractivity contribution in [3.63, 3.8) is 0 Å². The molecule has 1 fully saturated rings. The lowest BCUT2D eigenvalue weighted by atomic mass is 9.98. The maximum absolute atomic E-state index is 12.5. The minimum atomic E-state index is 0.00265. The van der Waals surface area contributed by atoms with E-state index in [0.29, 0.717) is 5.92 Å². The molecule has 3 rings (SSSR count). The topological polar surface area (TPSA) is 32.3 Å². The van der Waals surface area contributed by atoms with Gasteiger partial charge in [-0.1, -0.05) is 35.9 Å². The first kappa shape index (κ1) is 15.6. The van der Waals surface area contributed by atoms with Crippen LogP contribution in [0.3, 0.4) is 0 Å². The Labute approximate surface area is 138 Å². The third kappa shape index (κ3) is 3.55. The first-order chi connectivity index (χ1) is 11.0. The van der Waals surface area contributed by atoms with Gasteiger partial charge >= 0.3 is 6.03 Å². The van der Waals surface area contributed by atoms with Gasteiger partial charge in [0, 0.05) is 24.7 Å². The summed E-state index contributed by atoms with van der Waals surface area (Å²) in [6, 6.07) is 14.7. The summed E-state index contributed by atoms with van der Waals surface area (Å²) in [7, 11) is 0. The Bertz CT molecular complexity index is 706. The van der Waals surface area contributed by atoms with Crippen molar-refractivity contribution in [3.8, 4) is 0 Å². The average molecular weight is 308 g/mol. The standard InChI is InChI=1S/C20H24N2O/c1-14-4-7-17(8-5-14)18-10-11-22(13-18)20(23)21-19-9-6-15(2)16(3)12-19/h4-9,12,18H,10-11,13H2,1-3H3,(H,21,23)/t18-/m1/s1. The molecule has 3 heteroatoms. The number of hydrogen-bond donors (Lipinski definition) is 1. The van der Waals surface area contributed by atoms with Gasteiger partial charge in [0.15, 0.2) is 0 Å². The van der Waals surface area contributed by atoms with Gasteiger partial charge in [0.2, 0.25) is 0 Å². The summed E-state index contributed by atoms with van der Waals surface area (Å²) in [6.45, 7) is 7.85. The van der Waals surface area contributed by atoms with Crippen LogP contribution in [0.5, 0.6) is 0 Å². The van der Waals surface area contributed by atoms with Gasteiger partial charge in [0.25, 0.3) is 0 Å². The van der Waals surface area contributed by atoms with Crippen LogP contribution in [-0.4, -0.2) is 24.0 Å². The number of nitrogens with one attached hydrogen (secondary N) is 1. The third-order valence-electron chi connectivity index (χ3n) is 4.78. The number of nitrogens with zero attached hydrogens (tertiary/aromatic N) is 1. The van der Waals surface area contributed by atoms with E-state index < -0.39 is 0 Å². The molecule has 1 aliphatic heterocycles. The average Bonchev–Trinajstić information content (AvgIpc) is 3.02. The molecule has 1 N–H and O–H groups in total. The van der Waals surface area contributed by atoms with Crippen molar-refractivity contribution in [1.29, 1.82) is 0 Å². The second-order valence-electron chi connectivity index (χ2n) is 6.57. The van der Waals surface area contributed by atoms with Crippen LogP contribution in [0.2, 0.25) is 0 Å². The van der Waals surface area contributed by atoms with Gasteiger partial charge in [-0.25, -0.2) is 4.79 Å². The lowest BCUT2D eigenvalue weighted by Gasteiger charge is -2.18. The van der Waals surface area contributed by atoms with Crippen molar-refractivity contribution in [2.24, 2.45) is 0 Å². The van der Waals surface area contributed by atoms with Crippen molar-refractivity contribution in [3.05, 3.63) is 64.7 Å². The zero-order valence-corrected chi connectivity index (χ0v) is 14.1. The Hall–Kier alpha value is -2.29. The highest BCUT2D eigenvalue weighted by atomic mass is 16.2. The van der Waals surface area contributed by atoms with Crippen LogP contribution in [0.1, 0.15) is 34.6 Å². The molecule has 0 unspecified atom stereocenters. The Morgan fingerprint density at radius 2 is 1.78 bits per heavy atom. The smallest absolute Gasteiger partial charge is 0.321 e. The Kier molecular flexibility index (Phi) is 4.37. The number of amides is 2. The highest BCUT2D eigenvalue weighted by Gasteiger charge is 2.27. The summed E-state index contributed by atoms with van der Waals surface area (Å²) < 4.78 is 0. The molecule has 0 bridgehead atoms. The van der Waals surface area contributed by atoms with Crippen LogP contribution in [-0.2, 0) is 0 Å². The molecule has 1 atom stereocenters. The van der Waals surface area contributed by atoms with Crippen LogP contribution in [0, 0.1) is 20.8 Å². The fraction of sp³-hybridized carbons (Fsp3) is 0.350. The molecule has 2 aromatic rings. The minimum Gasteiger partial charge on any atom is -0.324 e. The lowest BCUT2D eigenvalue weighted by molar-refractivity contribution is 0.222. The molecule has 3 nitrogen and oxygen atoms in total. The number of benzene rings is 2. The van der Waals surface area contributed by atoms with Gasteiger partial charge in [0.05, 0.1) is 0 Å². The number of aryl methyl sites for hydroxylation is 3. The van der Waals surface area contributed by atoms with E-state index in [2.05, 4.69) is 50.4 Å². The Balaban J connectivity index is 1.63. The van der Waals surface area contributed by atoms with E-state index in [1.165, 1.54) is 22.3 Å². The van der Waals surface area contributed by atoms with E-state index in [1.807, 2.05) is 23.1 Å². The fourth-order valence-corrected chi connectivity index (χ4v) is 3.08. The maximum atomic E-state index is 12.5. The van der Waals surface area contributed by atoms with Crippen LogP contribution >= 0.6 is 0 Å². The highest BCUT2D eigenvalue weighted by molar-refractivity contribution is 5.89. The molecule has 1 aliphatic rings. The number of rotatable bonds is 2. The molecule has 23 heavy (non-hydrogen) atoms. The second-order valence-corrected chi connectivity index (χ2v) is 6.57. The van der Waals surface area contributed by atoms with Crippen LogP contribution < -0.4 is 5.32 Å². The molecule has 0 aromatic heterocycles. The highest BCUT2D eigenvalue weighted by Crippen LogP contribution is 2.28. The number of carbonyl (C=O) groups is 1. The minimum absolute atomic E-state index is 0.00265. The zero-order chi connectivity index (χ0) is 16.4. The quantitative estimate of drug-likeness (QED) is 0.861. The van der Waals surface area contributed by atoms with E-state index in [4.69, 9.17) is 0 Å². The van der Waals surface area contributed by atoms with Gasteiger partial charge in [0.1, 0.15) is 0 Å². The summed E-state index contributed by atoms with van der Waals surface area (Å²) in [5, 5.41) is 3.02. The molecule has 1 saturated heterocycles. The zero-order valence-electron chi connectivity index (χ0n) is 14.1. The van der Waals surface area contributed by atoms with Crippen molar-refractivity contribution < 1.29 is 4.79 Å². The van der Waals surface area contributed by atoms with Crippen molar-refractivity contribution in [2.75, 3.05) is 18.4 Å². The predicted octanol–water partition coefficient (Wildman–Crippen LogP) is 4.63. The molecule has 2 amide bonds. The van der Waals surface area contributed by atoms with Crippen molar-refractivity contribution in [1.82, 2.24) is 4.90 Å². The third-order valence-corrected chi connectivity index (χ3v) is 4.78. The molecular formula is C20H24N2O. The number of anilines is 1. The first-order valence-electron chi connectivity index (χ1n) is 8.22. The number of likely N-dealkylation sites (tertiary alicyclic amines) is 1. The van der Waals surface area contributed by atoms with Gasteiger partial charge in [-0.15, -0.1) is 0 Å². The van der Waals surface area contributed by atoms with Crippen molar-refractivity contribution >= 4 is 11.7 Å². The molecule has 1 heterocycles. The summed E-state index contributed by atoms with van der Waals surface area (Å²) in [5.74, 6) is 0.445. The van der Waals surface area contributed by atoms with Crippen LogP contribution in [0.15, 0.2) is 42.5 Å². The SMILES string of the molecule is Cc1ccc([C@@H]2CCN(C(=O)Nc3ccc(C)c(C)c3)C2)cc1. The molecule has 0 saturated carbocycles. The van der Waals surface area contributed by atoms with E-state index in [9.17, 15) is 4.79 Å². The Morgan fingerprint density at radius 1 is 1.04 bits per heavy atom. The predicted molar refractivity (Wildman–Crippen MR) is 95.0 cm³/mol. The van der Waals surface area contributed by atoms with Gasteiger partial charge in [-0.3, -0.25) is 0 Å². The summed E-state index contributed by atoms with van der Waals surface area (Å²) in [6.07, 6.45) is 1.03. The molecule has 120 valence electrons. The summed E-state index contributed by atoms with van der Waals surface area (Å²) in [4.78, 5) is 14.4. The Morgan fingerprint density at radius 3 is 2.48 bits per heavy atom. The molecule has 2 aromatic carbocycles. The van der Waals surface area contributed by atoms with E-state index >= 15 is 0 Å². The summed E-state index contributed by atoms with van der Waals surface area (Å²) in [5.41, 5.74) is 5.91. The normalized spacial score (nSPS) is 17.3. The van der Waals surface area contributed by atoms with Gasteiger partial charge in [-0.2, -0.15) is 0 Å². The number of urea groups is 1. The van der Waals surface area contributed by atoms with Crippen molar-refractivity contribution in [2.45, 2.75) is 33.1 Å². The van der Waals surface area contributed by atoms with E-state index in [0.717, 1.165) is 25.2 Å². The van der Waals surface area contributed by atoms with Crippen LogP contribution in [0.25, 0.3) is 0 Å². The molecule has 0 spiro atoms. The largest absolute Gasteiger partial charge is 0.324 e. The van der Waals surface area contributed by atoms with E-state index in [1.54, 1.807) is 0 Å². The number of hydrogen-bond acceptors (Lipinski definition) is 1. The van der Waals surface area contributed by atoms with Gasteiger partial charge in [-0.05, 0) is 56.0 Å². The van der Waals surface area contributed by atoms with Crippen LogP contribution in [0.4, 0.5) is 10.5 Å². The molecular weight excluding hydrogens is 284 g/mol. The van der Waals surface area contributed by atoms with E-state index in [-0.39, 0.29) is 6.03 Å². The first-order valence-corrected chi connectivity index (χ1v) is 8.22. The summed E-state index contributed by atoms with van der Waals surface area (Å²) >= 11 is 0. The monoisotopic (exact) mass is 308 g/mol.